The van der Waals surface area contributed by atoms with Gasteiger partial charge in [0, 0.05) is 0 Å². The summed E-state index contributed by atoms with van der Waals surface area (Å²) in [6.45, 7) is 2.23. The molecular weight excluding hydrogens is 348 g/mol. The highest BCUT2D eigenvalue weighted by molar-refractivity contribution is 6.15. The van der Waals surface area contributed by atoms with E-state index in [4.69, 9.17) is 9.84 Å². The van der Waals surface area contributed by atoms with Gasteiger partial charge in [0.25, 0.3) is 0 Å². The van der Waals surface area contributed by atoms with Crippen molar-refractivity contribution in [2.24, 2.45) is 0 Å². The van der Waals surface area contributed by atoms with Gasteiger partial charge in [0.05, 0.1) is 6.42 Å². The number of carbonyl (C=O) groups is 3. The highest BCUT2D eigenvalue weighted by Crippen LogP contribution is 2.30. The first-order valence-corrected chi connectivity index (χ1v) is 10.4. The Kier molecular flexibility index (Phi) is 11.5. The largest absolute Gasteiger partial charge is 0.481 e. The summed E-state index contributed by atoms with van der Waals surface area (Å²) in [5.41, 5.74) is -0.0358. The van der Waals surface area contributed by atoms with Crippen molar-refractivity contribution in [3.05, 3.63) is 11.1 Å². The Morgan fingerprint density at radius 1 is 0.852 bits per heavy atom. The number of ether oxygens (including phenoxy) is 1. The van der Waals surface area contributed by atoms with Crippen LogP contribution in [0.4, 0.5) is 0 Å². The molecule has 6 nitrogen and oxygen atoms in total. The highest BCUT2D eigenvalue weighted by atomic mass is 16.6. The van der Waals surface area contributed by atoms with Crippen LogP contribution in [-0.2, 0) is 19.1 Å². The summed E-state index contributed by atoms with van der Waals surface area (Å²) in [6, 6.07) is 0. The standard InChI is InChI=1S/C21H34O6/c1-2-3-4-5-6-7-8-9-10-11-12-13-14-16-17(15-18(22)23)27-21(26)19(16)20(24)25/h17H,2-15H2,1H3,(H,22,23)(H,24,25)/t17-/m1/s1. The van der Waals surface area contributed by atoms with Crippen molar-refractivity contribution in [2.75, 3.05) is 0 Å². The molecule has 27 heavy (non-hydrogen) atoms. The van der Waals surface area contributed by atoms with Gasteiger partial charge in [-0.1, -0.05) is 77.6 Å². The minimum absolute atomic E-state index is 0.335. The zero-order valence-corrected chi connectivity index (χ0v) is 16.5. The van der Waals surface area contributed by atoms with E-state index < -0.39 is 24.0 Å². The molecule has 0 saturated heterocycles. The van der Waals surface area contributed by atoms with Gasteiger partial charge in [-0.05, 0) is 18.4 Å². The number of hydrogen-bond acceptors (Lipinski definition) is 4. The number of esters is 1. The van der Waals surface area contributed by atoms with E-state index in [1.54, 1.807) is 0 Å². The summed E-state index contributed by atoms with van der Waals surface area (Å²) in [6.07, 6.45) is 13.4. The van der Waals surface area contributed by atoms with Crippen molar-refractivity contribution >= 4 is 17.9 Å². The predicted octanol–water partition coefficient (Wildman–Crippen LogP) is 4.86. The number of rotatable bonds is 16. The second kappa shape index (κ2) is 13.3. The van der Waals surface area contributed by atoms with E-state index in [1.807, 2.05) is 0 Å². The van der Waals surface area contributed by atoms with Crippen molar-refractivity contribution in [3.63, 3.8) is 0 Å². The normalized spacial score (nSPS) is 16.6. The van der Waals surface area contributed by atoms with E-state index in [0.29, 0.717) is 12.0 Å². The molecule has 2 N–H and O–H groups in total. The van der Waals surface area contributed by atoms with Crippen LogP contribution in [-0.4, -0.2) is 34.2 Å². The first-order chi connectivity index (χ1) is 13.0. The monoisotopic (exact) mass is 382 g/mol. The minimum Gasteiger partial charge on any atom is -0.481 e. The molecule has 0 radical (unpaired) electrons. The molecule has 1 heterocycles. The fourth-order valence-corrected chi connectivity index (χ4v) is 3.54. The number of hydrogen-bond donors (Lipinski definition) is 2. The summed E-state index contributed by atoms with van der Waals surface area (Å²) in [5.74, 6) is -3.35. The lowest BCUT2D eigenvalue weighted by Gasteiger charge is -2.11. The molecule has 1 atom stereocenters. The number of carboxylic acids is 2. The average Bonchev–Trinajstić information content (AvgIpc) is 2.90. The molecule has 0 unspecified atom stereocenters. The van der Waals surface area contributed by atoms with Gasteiger partial charge in [-0.25, -0.2) is 9.59 Å². The molecule has 154 valence electrons. The van der Waals surface area contributed by atoms with Crippen LogP contribution in [0.25, 0.3) is 0 Å². The lowest BCUT2D eigenvalue weighted by Crippen LogP contribution is -2.16. The van der Waals surface area contributed by atoms with Gasteiger partial charge in [-0.2, -0.15) is 0 Å². The second-order valence-corrected chi connectivity index (χ2v) is 7.34. The van der Waals surface area contributed by atoms with E-state index >= 15 is 0 Å². The highest BCUT2D eigenvalue weighted by Gasteiger charge is 2.38. The van der Waals surface area contributed by atoms with Gasteiger partial charge in [0.2, 0.25) is 0 Å². The van der Waals surface area contributed by atoms with Gasteiger partial charge in [-0.3, -0.25) is 4.79 Å². The van der Waals surface area contributed by atoms with Crippen molar-refractivity contribution in [3.8, 4) is 0 Å². The summed E-state index contributed by atoms with van der Waals surface area (Å²) in [7, 11) is 0. The molecule has 1 aliphatic heterocycles. The fraction of sp³-hybridized carbons (Fsp3) is 0.762. The van der Waals surface area contributed by atoms with Crippen molar-refractivity contribution in [1.82, 2.24) is 0 Å². The second-order valence-electron chi connectivity index (χ2n) is 7.34. The van der Waals surface area contributed by atoms with E-state index in [2.05, 4.69) is 6.92 Å². The molecule has 0 fully saturated rings. The van der Waals surface area contributed by atoms with Crippen LogP contribution >= 0.6 is 0 Å². The van der Waals surface area contributed by atoms with E-state index in [0.717, 1.165) is 25.7 Å². The van der Waals surface area contributed by atoms with E-state index in [9.17, 15) is 19.5 Å². The zero-order valence-electron chi connectivity index (χ0n) is 16.5. The zero-order chi connectivity index (χ0) is 20.1. The van der Waals surface area contributed by atoms with Crippen LogP contribution in [0.15, 0.2) is 11.1 Å². The molecule has 0 spiro atoms. The Labute approximate surface area is 162 Å². The van der Waals surface area contributed by atoms with Gasteiger partial charge >= 0.3 is 17.9 Å². The third-order valence-corrected chi connectivity index (χ3v) is 5.04. The van der Waals surface area contributed by atoms with Crippen LogP contribution < -0.4 is 0 Å². The quantitative estimate of drug-likeness (QED) is 0.225. The lowest BCUT2D eigenvalue weighted by molar-refractivity contribution is -0.146. The Morgan fingerprint density at radius 2 is 1.33 bits per heavy atom. The SMILES string of the molecule is CCCCCCCCCCCCCCC1=C(C(=O)O)C(=O)O[C@@H]1CC(=O)O. The smallest absolute Gasteiger partial charge is 0.346 e. The third-order valence-electron chi connectivity index (χ3n) is 5.04. The summed E-state index contributed by atoms with van der Waals surface area (Å²) in [5, 5.41) is 18.1. The van der Waals surface area contributed by atoms with Crippen LogP contribution in [0.5, 0.6) is 0 Å². The molecule has 0 saturated carbocycles. The predicted molar refractivity (Wildman–Crippen MR) is 102 cm³/mol. The van der Waals surface area contributed by atoms with Crippen molar-refractivity contribution in [1.29, 1.82) is 0 Å². The molecule has 0 aromatic carbocycles. The van der Waals surface area contributed by atoms with Crippen molar-refractivity contribution < 1.29 is 29.3 Å². The molecule has 0 aromatic rings. The van der Waals surface area contributed by atoms with Crippen LogP contribution in [0.3, 0.4) is 0 Å². The summed E-state index contributed by atoms with van der Waals surface area (Å²) < 4.78 is 4.94. The first kappa shape index (κ1) is 23.2. The molecule has 6 heteroatoms. The Bertz CT molecular complexity index is 523. The van der Waals surface area contributed by atoms with Crippen molar-refractivity contribution in [2.45, 2.75) is 103 Å². The summed E-state index contributed by atoms with van der Waals surface area (Å²) in [4.78, 5) is 33.8. The number of cyclic esters (lactones) is 1. The molecule has 1 rings (SSSR count). The number of carbonyl (C=O) groups excluding carboxylic acids is 1. The number of carboxylic acid groups (broad SMARTS) is 2. The number of aliphatic carboxylic acids is 2. The first-order valence-electron chi connectivity index (χ1n) is 10.4. The molecule has 0 aliphatic carbocycles. The van der Waals surface area contributed by atoms with E-state index in [1.165, 1.54) is 51.4 Å². The average molecular weight is 382 g/mol. The lowest BCUT2D eigenvalue weighted by atomic mass is 9.96. The topological polar surface area (TPSA) is 101 Å². The third kappa shape index (κ3) is 9.07. The van der Waals surface area contributed by atoms with Gasteiger partial charge in [-0.15, -0.1) is 0 Å². The molecule has 1 aliphatic rings. The number of unbranched alkanes of at least 4 members (excludes halogenated alkanes) is 11. The fourth-order valence-electron chi connectivity index (χ4n) is 3.54. The van der Waals surface area contributed by atoms with E-state index in [-0.39, 0.29) is 12.0 Å². The van der Waals surface area contributed by atoms with Crippen LogP contribution in [0, 0.1) is 0 Å². The van der Waals surface area contributed by atoms with Crippen LogP contribution in [0.1, 0.15) is 96.8 Å². The maximum Gasteiger partial charge on any atom is 0.346 e. The van der Waals surface area contributed by atoms with Gasteiger partial charge < -0.3 is 14.9 Å². The Morgan fingerprint density at radius 3 is 1.78 bits per heavy atom. The summed E-state index contributed by atoms with van der Waals surface area (Å²) >= 11 is 0. The maximum absolute atomic E-state index is 11.7. The minimum atomic E-state index is -1.33. The molecule has 0 aromatic heterocycles. The Balaban J connectivity index is 2.22. The van der Waals surface area contributed by atoms with Gasteiger partial charge in [0.1, 0.15) is 11.7 Å². The van der Waals surface area contributed by atoms with Crippen LogP contribution in [0.2, 0.25) is 0 Å². The molecular formula is C21H34O6. The maximum atomic E-state index is 11.7. The van der Waals surface area contributed by atoms with Gasteiger partial charge in [0.15, 0.2) is 0 Å². The Hall–Kier alpha value is -1.85. The molecule has 0 amide bonds. The molecule has 0 bridgehead atoms.